The summed E-state index contributed by atoms with van der Waals surface area (Å²) in [5, 5.41) is 0.733. The highest BCUT2D eigenvalue weighted by atomic mass is 35.5. The van der Waals surface area contributed by atoms with Crippen molar-refractivity contribution in [1.29, 1.82) is 0 Å². The van der Waals surface area contributed by atoms with Crippen LogP contribution in [0.15, 0.2) is 24.3 Å². The van der Waals surface area contributed by atoms with Crippen LogP contribution in [0.25, 0.3) is 0 Å². The minimum atomic E-state index is -0.114. The third kappa shape index (κ3) is 6.59. The number of nitrogens with one attached hydrogen (secondary N) is 1. The highest BCUT2D eigenvalue weighted by molar-refractivity contribution is 6.30. The Bertz CT molecular complexity index is 355. The zero-order valence-corrected chi connectivity index (χ0v) is 11.1. The molecule has 0 spiro atoms. The fraction of sp³-hybridized carbons (Fsp3) is 0.462. The lowest BCUT2D eigenvalue weighted by atomic mass is 10.2. The fourth-order valence-corrected chi connectivity index (χ4v) is 1.64. The van der Waals surface area contributed by atoms with Crippen LogP contribution < -0.4 is 11.3 Å². The number of carbonyl (C=O) groups is 1. The molecule has 0 saturated heterocycles. The summed E-state index contributed by atoms with van der Waals surface area (Å²) in [4.78, 5) is 10.8. The topological polar surface area (TPSA) is 64.3 Å². The molecule has 0 atom stereocenters. The molecule has 0 bridgehead atoms. The van der Waals surface area contributed by atoms with Crippen LogP contribution in [0.5, 0.6) is 0 Å². The van der Waals surface area contributed by atoms with E-state index in [0.717, 1.165) is 29.8 Å². The summed E-state index contributed by atoms with van der Waals surface area (Å²) in [5.41, 5.74) is 3.22. The summed E-state index contributed by atoms with van der Waals surface area (Å²) < 4.78 is 5.52. The van der Waals surface area contributed by atoms with E-state index in [0.29, 0.717) is 19.6 Å². The van der Waals surface area contributed by atoms with E-state index in [1.54, 1.807) is 0 Å². The van der Waals surface area contributed by atoms with Gasteiger partial charge in [-0.25, -0.2) is 5.84 Å². The molecule has 1 aromatic carbocycles. The molecule has 1 amide bonds. The molecule has 3 N–H and O–H groups in total. The maximum absolute atomic E-state index is 10.8. The van der Waals surface area contributed by atoms with Crippen molar-refractivity contribution in [1.82, 2.24) is 5.43 Å². The molecule has 4 nitrogen and oxygen atoms in total. The van der Waals surface area contributed by atoms with E-state index >= 15 is 0 Å². The number of halogens is 1. The fourth-order valence-electron chi connectivity index (χ4n) is 1.51. The van der Waals surface area contributed by atoms with Crippen LogP contribution in [-0.2, 0) is 16.1 Å². The number of rotatable bonds is 8. The Labute approximate surface area is 112 Å². The van der Waals surface area contributed by atoms with Gasteiger partial charge in [0.2, 0.25) is 5.91 Å². The van der Waals surface area contributed by atoms with Crippen LogP contribution in [0.2, 0.25) is 5.02 Å². The van der Waals surface area contributed by atoms with Gasteiger partial charge in [-0.15, -0.1) is 0 Å². The molecule has 0 aliphatic heterocycles. The van der Waals surface area contributed by atoms with E-state index in [4.69, 9.17) is 22.2 Å². The number of hydrazine groups is 1. The number of nitrogens with two attached hydrogens (primary N) is 1. The highest BCUT2D eigenvalue weighted by Gasteiger charge is 1.98. The average molecular weight is 271 g/mol. The van der Waals surface area contributed by atoms with Crippen molar-refractivity contribution in [2.24, 2.45) is 5.84 Å². The Balaban J connectivity index is 1.99. The minimum Gasteiger partial charge on any atom is -0.377 e. The van der Waals surface area contributed by atoms with Crippen LogP contribution in [0, 0.1) is 0 Å². The third-order valence-electron chi connectivity index (χ3n) is 2.54. The molecular weight excluding hydrogens is 252 g/mol. The molecule has 0 fully saturated rings. The summed E-state index contributed by atoms with van der Waals surface area (Å²) >= 11 is 5.79. The Morgan fingerprint density at radius 1 is 1.22 bits per heavy atom. The maximum atomic E-state index is 10.8. The Hall–Kier alpha value is -1.10. The molecule has 1 rings (SSSR count). The summed E-state index contributed by atoms with van der Waals surface area (Å²) in [5.74, 6) is 4.86. The summed E-state index contributed by atoms with van der Waals surface area (Å²) in [6.45, 7) is 1.30. The predicted octanol–water partition coefficient (Wildman–Crippen LogP) is 2.41. The van der Waals surface area contributed by atoms with Crippen LogP contribution in [-0.4, -0.2) is 12.5 Å². The molecular formula is C13H19ClN2O2. The van der Waals surface area contributed by atoms with Gasteiger partial charge in [0.05, 0.1) is 6.61 Å². The number of carbonyl (C=O) groups excluding carboxylic acids is 1. The zero-order valence-electron chi connectivity index (χ0n) is 10.3. The highest BCUT2D eigenvalue weighted by Crippen LogP contribution is 2.10. The minimum absolute atomic E-state index is 0.114. The SMILES string of the molecule is NNC(=O)CCCCCOCc1ccc(Cl)cc1. The molecule has 0 radical (unpaired) electrons. The first-order valence-electron chi connectivity index (χ1n) is 6.04. The van der Waals surface area contributed by atoms with Crippen molar-refractivity contribution in [2.75, 3.05) is 6.61 Å². The second-order valence-corrected chi connectivity index (χ2v) is 4.49. The van der Waals surface area contributed by atoms with E-state index in [-0.39, 0.29) is 5.91 Å². The van der Waals surface area contributed by atoms with Gasteiger partial charge in [-0.2, -0.15) is 0 Å². The Morgan fingerprint density at radius 3 is 2.61 bits per heavy atom. The van der Waals surface area contributed by atoms with Gasteiger partial charge in [0.1, 0.15) is 0 Å². The number of benzene rings is 1. The molecule has 18 heavy (non-hydrogen) atoms. The van der Waals surface area contributed by atoms with Gasteiger partial charge in [-0.1, -0.05) is 30.2 Å². The van der Waals surface area contributed by atoms with Gasteiger partial charge >= 0.3 is 0 Å². The molecule has 0 aliphatic rings. The first-order valence-corrected chi connectivity index (χ1v) is 6.42. The average Bonchev–Trinajstić information content (AvgIpc) is 2.39. The van der Waals surface area contributed by atoms with Gasteiger partial charge in [0.25, 0.3) is 0 Å². The normalized spacial score (nSPS) is 10.3. The van der Waals surface area contributed by atoms with Crippen molar-refractivity contribution in [3.05, 3.63) is 34.9 Å². The van der Waals surface area contributed by atoms with E-state index < -0.39 is 0 Å². The first kappa shape index (κ1) is 15.0. The monoisotopic (exact) mass is 270 g/mol. The van der Waals surface area contributed by atoms with E-state index in [9.17, 15) is 4.79 Å². The van der Waals surface area contributed by atoms with E-state index in [2.05, 4.69) is 5.43 Å². The molecule has 0 aromatic heterocycles. The van der Waals surface area contributed by atoms with E-state index in [1.807, 2.05) is 24.3 Å². The standard InChI is InChI=1S/C13H19ClN2O2/c14-12-7-5-11(6-8-12)10-18-9-3-1-2-4-13(17)16-15/h5-8H,1-4,9-10,15H2,(H,16,17). The van der Waals surface area contributed by atoms with Crippen molar-refractivity contribution in [3.8, 4) is 0 Å². The lowest BCUT2D eigenvalue weighted by molar-refractivity contribution is -0.121. The number of unbranched alkanes of at least 4 members (excludes halogenated alkanes) is 2. The molecule has 0 saturated carbocycles. The maximum Gasteiger partial charge on any atom is 0.233 e. The summed E-state index contributed by atoms with van der Waals surface area (Å²) in [7, 11) is 0. The second kappa shape index (κ2) is 8.91. The predicted molar refractivity (Wildman–Crippen MR) is 71.9 cm³/mol. The lowest BCUT2D eigenvalue weighted by Crippen LogP contribution is -2.29. The molecule has 0 heterocycles. The molecule has 100 valence electrons. The quantitative estimate of drug-likeness (QED) is 0.330. The molecule has 1 aromatic rings. The third-order valence-corrected chi connectivity index (χ3v) is 2.79. The van der Waals surface area contributed by atoms with Crippen molar-refractivity contribution in [2.45, 2.75) is 32.3 Å². The number of hydrogen-bond acceptors (Lipinski definition) is 3. The van der Waals surface area contributed by atoms with Crippen LogP contribution in [0.3, 0.4) is 0 Å². The molecule has 0 aliphatic carbocycles. The second-order valence-electron chi connectivity index (χ2n) is 4.06. The lowest BCUT2D eigenvalue weighted by Gasteiger charge is -2.04. The number of ether oxygens (including phenoxy) is 1. The van der Waals surface area contributed by atoms with Gasteiger partial charge in [-0.3, -0.25) is 10.2 Å². The van der Waals surface area contributed by atoms with Gasteiger partial charge in [-0.05, 0) is 30.5 Å². The number of amides is 1. The van der Waals surface area contributed by atoms with Crippen LogP contribution in [0.1, 0.15) is 31.2 Å². The Kier molecular flexibility index (Phi) is 7.41. The van der Waals surface area contributed by atoms with Crippen LogP contribution >= 0.6 is 11.6 Å². The molecule has 5 heteroatoms. The largest absolute Gasteiger partial charge is 0.377 e. The first-order chi connectivity index (χ1) is 8.72. The zero-order chi connectivity index (χ0) is 13.2. The molecule has 0 unspecified atom stereocenters. The summed E-state index contributed by atoms with van der Waals surface area (Å²) in [6, 6.07) is 7.61. The van der Waals surface area contributed by atoms with Gasteiger partial charge in [0.15, 0.2) is 0 Å². The van der Waals surface area contributed by atoms with E-state index in [1.165, 1.54) is 0 Å². The number of hydrogen-bond donors (Lipinski definition) is 2. The van der Waals surface area contributed by atoms with Gasteiger partial charge < -0.3 is 4.74 Å². The summed E-state index contributed by atoms with van der Waals surface area (Å²) in [6.07, 6.45) is 3.24. The van der Waals surface area contributed by atoms with Gasteiger partial charge in [0, 0.05) is 18.1 Å². The Morgan fingerprint density at radius 2 is 1.94 bits per heavy atom. The van der Waals surface area contributed by atoms with Crippen molar-refractivity contribution in [3.63, 3.8) is 0 Å². The smallest absolute Gasteiger partial charge is 0.233 e. The van der Waals surface area contributed by atoms with Crippen LogP contribution in [0.4, 0.5) is 0 Å². The van der Waals surface area contributed by atoms with Crippen molar-refractivity contribution < 1.29 is 9.53 Å². The van der Waals surface area contributed by atoms with Crippen molar-refractivity contribution >= 4 is 17.5 Å².